The molecule has 0 saturated heterocycles. The van der Waals surface area contributed by atoms with Crippen molar-refractivity contribution in [2.24, 2.45) is 5.10 Å². The van der Waals surface area contributed by atoms with Crippen LogP contribution < -0.4 is 10.2 Å². The smallest absolute Gasteiger partial charge is 0.277 e. The minimum absolute atomic E-state index is 0.116. The van der Waals surface area contributed by atoms with Crippen LogP contribution in [-0.4, -0.2) is 28.8 Å². The van der Waals surface area contributed by atoms with Gasteiger partial charge in [0.15, 0.2) is 6.61 Å². The lowest BCUT2D eigenvalue weighted by Crippen LogP contribution is -2.24. The fraction of sp³-hybridized carbons (Fsp3) is 0.176. The Morgan fingerprint density at radius 3 is 2.76 bits per heavy atom. The molecule has 1 amide bonds. The summed E-state index contributed by atoms with van der Waals surface area (Å²) in [4.78, 5) is 21.8. The first-order valence-electron chi connectivity index (χ1n) is 7.36. The minimum atomic E-state index is -0.590. The van der Waals surface area contributed by atoms with Gasteiger partial charge in [-0.3, -0.25) is 14.9 Å². The van der Waals surface area contributed by atoms with E-state index in [2.05, 4.69) is 10.5 Å². The maximum Gasteiger partial charge on any atom is 0.277 e. The molecule has 0 saturated carbocycles. The number of amides is 1. The first-order valence-corrected chi connectivity index (χ1v) is 7.36. The highest BCUT2D eigenvalue weighted by Gasteiger charge is 2.09. The molecule has 0 fully saturated rings. The Balaban J connectivity index is 1.92. The minimum Gasteiger partial charge on any atom is -0.507 e. The van der Waals surface area contributed by atoms with E-state index in [0.29, 0.717) is 5.75 Å². The van der Waals surface area contributed by atoms with Crippen molar-refractivity contribution in [2.75, 3.05) is 6.61 Å². The highest BCUT2D eigenvalue weighted by atomic mass is 16.6. The van der Waals surface area contributed by atoms with Gasteiger partial charge in [0.2, 0.25) is 0 Å². The number of phenolic OH excluding ortho intramolecular Hbond substituents is 1. The van der Waals surface area contributed by atoms with Gasteiger partial charge in [0.1, 0.15) is 11.5 Å². The lowest BCUT2D eigenvalue weighted by Gasteiger charge is -2.08. The van der Waals surface area contributed by atoms with E-state index in [-0.39, 0.29) is 23.6 Å². The number of ether oxygens (including phenoxy) is 1. The molecule has 2 aromatic carbocycles. The number of hydrogen-bond acceptors (Lipinski definition) is 6. The van der Waals surface area contributed by atoms with Gasteiger partial charge in [-0.2, -0.15) is 5.10 Å². The fourth-order valence-corrected chi connectivity index (χ4v) is 2.07. The van der Waals surface area contributed by atoms with Gasteiger partial charge in [0.25, 0.3) is 11.6 Å². The Morgan fingerprint density at radius 2 is 2.08 bits per heavy atom. The quantitative estimate of drug-likeness (QED) is 0.475. The molecular formula is C17H17N3O5. The second-order valence-electron chi connectivity index (χ2n) is 5.35. The summed E-state index contributed by atoms with van der Waals surface area (Å²) in [6, 6.07) is 9.10. The topological polar surface area (TPSA) is 114 Å². The highest BCUT2D eigenvalue weighted by molar-refractivity contribution is 5.86. The predicted molar refractivity (Wildman–Crippen MR) is 91.9 cm³/mol. The molecule has 130 valence electrons. The molecule has 0 bridgehead atoms. The van der Waals surface area contributed by atoms with E-state index < -0.39 is 10.8 Å². The molecular weight excluding hydrogens is 326 g/mol. The van der Waals surface area contributed by atoms with Crippen LogP contribution in [0.4, 0.5) is 5.69 Å². The van der Waals surface area contributed by atoms with Crippen molar-refractivity contribution in [2.45, 2.75) is 13.8 Å². The highest BCUT2D eigenvalue weighted by Crippen LogP contribution is 2.21. The largest absolute Gasteiger partial charge is 0.507 e. The van der Waals surface area contributed by atoms with Gasteiger partial charge in [0.05, 0.1) is 11.1 Å². The summed E-state index contributed by atoms with van der Waals surface area (Å²) in [6.45, 7) is 3.60. The normalized spacial score (nSPS) is 10.6. The van der Waals surface area contributed by atoms with E-state index in [9.17, 15) is 20.0 Å². The van der Waals surface area contributed by atoms with Gasteiger partial charge < -0.3 is 9.84 Å². The van der Waals surface area contributed by atoms with Gasteiger partial charge in [0, 0.05) is 17.7 Å². The van der Waals surface area contributed by atoms with Crippen molar-refractivity contribution < 1.29 is 19.6 Å². The second-order valence-corrected chi connectivity index (χ2v) is 5.35. The summed E-state index contributed by atoms with van der Waals surface area (Å²) >= 11 is 0. The lowest BCUT2D eigenvalue weighted by atomic mass is 10.1. The zero-order valence-electron chi connectivity index (χ0n) is 13.7. The van der Waals surface area contributed by atoms with Gasteiger partial charge in [-0.15, -0.1) is 0 Å². The average molecular weight is 343 g/mol. The summed E-state index contributed by atoms with van der Waals surface area (Å²) < 4.78 is 5.41. The first kappa shape index (κ1) is 17.9. The van der Waals surface area contributed by atoms with E-state index in [0.717, 1.165) is 23.4 Å². The number of aromatic hydroxyl groups is 1. The summed E-state index contributed by atoms with van der Waals surface area (Å²) in [5, 5.41) is 24.0. The molecule has 0 aliphatic carbocycles. The number of carbonyl (C=O) groups is 1. The number of nitrogens with zero attached hydrogens (tertiary/aromatic N) is 2. The molecule has 0 spiro atoms. The van der Waals surface area contributed by atoms with Crippen molar-refractivity contribution in [3.8, 4) is 11.5 Å². The second kappa shape index (κ2) is 7.91. The standard InChI is InChI=1S/C17H17N3O5/c1-11-3-6-16(12(2)7-11)25-10-17(22)19-18-9-13-8-14(20(23)24)4-5-15(13)21/h3-9,21H,10H2,1-2H3,(H,19,22)/b18-9+. The predicted octanol–water partition coefficient (Wildman–Crippen LogP) is 2.45. The lowest BCUT2D eigenvalue weighted by molar-refractivity contribution is -0.384. The Labute approximate surface area is 143 Å². The Kier molecular flexibility index (Phi) is 5.67. The van der Waals surface area contributed by atoms with Gasteiger partial charge in [-0.05, 0) is 31.5 Å². The molecule has 8 nitrogen and oxygen atoms in total. The number of nitro groups is 1. The molecule has 0 aromatic heterocycles. The van der Waals surface area contributed by atoms with Gasteiger partial charge in [-0.25, -0.2) is 5.43 Å². The SMILES string of the molecule is Cc1ccc(OCC(=O)N/N=C/c2cc([N+](=O)[O-])ccc2O)c(C)c1. The number of rotatable bonds is 6. The van der Waals surface area contributed by atoms with Crippen LogP contribution >= 0.6 is 0 Å². The molecule has 0 aliphatic rings. The Bertz CT molecular complexity index is 833. The third-order valence-corrected chi connectivity index (χ3v) is 3.30. The third kappa shape index (κ3) is 5.03. The van der Waals surface area contributed by atoms with Crippen LogP contribution in [0.5, 0.6) is 11.5 Å². The summed E-state index contributed by atoms with van der Waals surface area (Å²) in [6.07, 6.45) is 1.12. The summed E-state index contributed by atoms with van der Waals surface area (Å²) in [5.41, 5.74) is 4.17. The number of non-ortho nitro benzene ring substituents is 1. The molecule has 0 radical (unpaired) electrons. The van der Waals surface area contributed by atoms with E-state index in [1.54, 1.807) is 6.07 Å². The number of aryl methyl sites for hydroxylation is 2. The van der Waals surface area contributed by atoms with Crippen molar-refractivity contribution in [1.82, 2.24) is 5.43 Å². The van der Waals surface area contributed by atoms with E-state index in [1.807, 2.05) is 26.0 Å². The summed E-state index contributed by atoms with van der Waals surface area (Å²) in [7, 11) is 0. The van der Waals surface area contributed by atoms with Crippen LogP contribution in [0.3, 0.4) is 0 Å². The number of phenols is 1. The van der Waals surface area contributed by atoms with Crippen LogP contribution in [0.1, 0.15) is 16.7 Å². The van der Waals surface area contributed by atoms with E-state index in [1.165, 1.54) is 12.1 Å². The zero-order chi connectivity index (χ0) is 18.4. The molecule has 0 heterocycles. The Hall–Kier alpha value is -3.42. The molecule has 25 heavy (non-hydrogen) atoms. The molecule has 8 heteroatoms. The third-order valence-electron chi connectivity index (χ3n) is 3.30. The van der Waals surface area contributed by atoms with Crippen LogP contribution in [0.25, 0.3) is 0 Å². The van der Waals surface area contributed by atoms with Crippen LogP contribution in [0.15, 0.2) is 41.5 Å². The van der Waals surface area contributed by atoms with Gasteiger partial charge >= 0.3 is 0 Å². The number of carbonyl (C=O) groups excluding carboxylic acids is 1. The zero-order valence-corrected chi connectivity index (χ0v) is 13.7. The van der Waals surface area contributed by atoms with Crippen molar-refractivity contribution >= 4 is 17.8 Å². The van der Waals surface area contributed by atoms with Gasteiger partial charge in [-0.1, -0.05) is 17.7 Å². The molecule has 0 atom stereocenters. The van der Waals surface area contributed by atoms with E-state index >= 15 is 0 Å². The maximum atomic E-state index is 11.7. The molecule has 0 unspecified atom stereocenters. The molecule has 2 aromatic rings. The molecule has 0 aliphatic heterocycles. The average Bonchev–Trinajstić information content (AvgIpc) is 2.55. The van der Waals surface area contributed by atoms with Crippen LogP contribution in [-0.2, 0) is 4.79 Å². The number of nitrogens with one attached hydrogen (secondary N) is 1. The fourth-order valence-electron chi connectivity index (χ4n) is 2.07. The number of benzene rings is 2. The van der Waals surface area contributed by atoms with Crippen LogP contribution in [0, 0.1) is 24.0 Å². The monoisotopic (exact) mass is 343 g/mol. The van der Waals surface area contributed by atoms with Crippen molar-refractivity contribution in [3.05, 3.63) is 63.2 Å². The number of nitro benzene ring substituents is 1. The number of hydrazone groups is 1. The van der Waals surface area contributed by atoms with Crippen LogP contribution in [0.2, 0.25) is 0 Å². The van der Waals surface area contributed by atoms with Crippen molar-refractivity contribution in [3.63, 3.8) is 0 Å². The van der Waals surface area contributed by atoms with Crippen molar-refractivity contribution in [1.29, 1.82) is 0 Å². The summed E-state index contributed by atoms with van der Waals surface area (Å²) in [5.74, 6) is -0.0858. The molecule has 2 rings (SSSR count). The Morgan fingerprint density at radius 1 is 1.32 bits per heavy atom. The molecule has 2 N–H and O–H groups in total. The number of hydrogen-bond donors (Lipinski definition) is 2. The first-order chi connectivity index (χ1) is 11.9. The maximum absolute atomic E-state index is 11.7. The van der Waals surface area contributed by atoms with E-state index in [4.69, 9.17) is 4.74 Å².